The number of benzene rings is 2. The lowest BCUT2D eigenvalue weighted by molar-refractivity contribution is -0.120. The van der Waals surface area contributed by atoms with Gasteiger partial charge >= 0.3 is 0 Å². The second kappa shape index (κ2) is 9.97. The molecule has 4 aromatic rings. The van der Waals surface area contributed by atoms with Gasteiger partial charge in [0.25, 0.3) is 5.56 Å². The third-order valence-electron chi connectivity index (χ3n) is 5.02. The van der Waals surface area contributed by atoms with E-state index in [1.54, 1.807) is 10.6 Å². The summed E-state index contributed by atoms with van der Waals surface area (Å²) in [6.07, 6.45) is 1.67. The summed E-state index contributed by atoms with van der Waals surface area (Å²) in [6, 6.07) is 19.6. The molecule has 1 N–H and O–H groups in total. The Kier molecular flexibility index (Phi) is 6.87. The number of nitrogens with one attached hydrogen (secondary N) is 1. The van der Waals surface area contributed by atoms with Crippen LogP contribution in [0, 0.1) is 0 Å². The fraction of sp³-hybridized carbons (Fsp3) is 0.160. The maximum absolute atomic E-state index is 13.4. The van der Waals surface area contributed by atoms with Crippen molar-refractivity contribution < 1.29 is 4.79 Å². The standard InChI is InChI=1S/C25H23N3O2S2/c1-3-14-28-24(30)21-20(19-12-8-5-9-13-19)16-31-23(21)27-25(28)32-17(2)22(29)26-15-18-10-6-4-7-11-18/h3-13,16-17H,1,14-15H2,2H3,(H,26,29). The fourth-order valence-corrected chi connectivity index (χ4v) is 5.29. The predicted molar refractivity (Wildman–Crippen MR) is 133 cm³/mol. The van der Waals surface area contributed by atoms with E-state index in [-0.39, 0.29) is 11.5 Å². The highest BCUT2D eigenvalue weighted by atomic mass is 32.2. The molecule has 1 amide bonds. The second-order valence-corrected chi connectivity index (χ2v) is 9.42. The molecule has 32 heavy (non-hydrogen) atoms. The number of allylic oxidation sites excluding steroid dienone is 1. The quantitative estimate of drug-likeness (QED) is 0.225. The second-order valence-electron chi connectivity index (χ2n) is 7.26. The van der Waals surface area contributed by atoms with Crippen molar-refractivity contribution in [1.82, 2.24) is 14.9 Å². The molecular weight excluding hydrogens is 438 g/mol. The van der Waals surface area contributed by atoms with E-state index in [1.165, 1.54) is 23.1 Å². The molecule has 0 aliphatic rings. The molecule has 0 bridgehead atoms. The van der Waals surface area contributed by atoms with Crippen molar-refractivity contribution in [2.45, 2.75) is 30.4 Å². The number of amides is 1. The minimum Gasteiger partial charge on any atom is -0.351 e. The number of rotatable bonds is 8. The zero-order valence-electron chi connectivity index (χ0n) is 17.7. The van der Waals surface area contributed by atoms with Gasteiger partial charge in [-0.3, -0.25) is 14.2 Å². The number of thiophene rings is 1. The zero-order valence-corrected chi connectivity index (χ0v) is 19.3. The van der Waals surface area contributed by atoms with Crippen LogP contribution in [-0.4, -0.2) is 20.7 Å². The molecule has 5 nitrogen and oxygen atoms in total. The molecule has 2 aromatic heterocycles. The van der Waals surface area contributed by atoms with Crippen LogP contribution in [0.3, 0.4) is 0 Å². The maximum Gasteiger partial charge on any atom is 0.263 e. The van der Waals surface area contributed by atoms with Crippen molar-refractivity contribution in [2.75, 3.05) is 0 Å². The van der Waals surface area contributed by atoms with Crippen LogP contribution in [0.25, 0.3) is 21.3 Å². The molecular formula is C25H23N3O2S2. The van der Waals surface area contributed by atoms with E-state index in [0.717, 1.165) is 16.7 Å². The van der Waals surface area contributed by atoms with Crippen molar-refractivity contribution in [3.8, 4) is 11.1 Å². The summed E-state index contributed by atoms with van der Waals surface area (Å²) < 4.78 is 1.60. The van der Waals surface area contributed by atoms with Crippen molar-refractivity contribution in [2.24, 2.45) is 0 Å². The Morgan fingerprint density at radius 1 is 1.19 bits per heavy atom. The first-order chi connectivity index (χ1) is 15.6. The SMILES string of the molecule is C=CCn1c(SC(C)C(=O)NCc2ccccc2)nc2scc(-c3ccccc3)c2c1=O. The van der Waals surface area contributed by atoms with E-state index in [4.69, 9.17) is 4.98 Å². The molecule has 0 radical (unpaired) electrons. The first kappa shape index (κ1) is 22.0. The van der Waals surface area contributed by atoms with Gasteiger partial charge in [-0.15, -0.1) is 17.9 Å². The molecule has 0 aliphatic carbocycles. The van der Waals surface area contributed by atoms with Crippen LogP contribution < -0.4 is 10.9 Å². The molecule has 162 valence electrons. The van der Waals surface area contributed by atoms with Crippen LogP contribution in [-0.2, 0) is 17.9 Å². The number of hydrogen-bond donors (Lipinski definition) is 1. The maximum atomic E-state index is 13.4. The molecule has 2 heterocycles. The van der Waals surface area contributed by atoms with Crippen LogP contribution in [0.1, 0.15) is 12.5 Å². The van der Waals surface area contributed by atoms with Crippen LogP contribution in [0.4, 0.5) is 0 Å². The molecule has 0 saturated carbocycles. The van der Waals surface area contributed by atoms with Crippen LogP contribution in [0.5, 0.6) is 0 Å². The highest BCUT2D eigenvalue weighted by Gasteiger charge is 2.21. The number of thioether (sulfide) groups is 1. The smallest absolute Gasteiger partial charge is 0.263 e. The molecule has 0 aliphatic heterocycles. The van der Waals surface area contributed by atoms with Gasteiger partial charge in [-0.25, -0.2) is 4.98 Å². The molecule has 2 aromatic carbocycles. The Labute approximate surface area is 194 Å². The van der Waals surface area contributed by atoms with Gasteiger partial charge in [0.15, 0.2) is 5.16 Å². The Balaban J connectivity index is 1.62. The van der Waals surface area contributed by atoms with Gasteiger partial charge in [-0.2, -0.15) is 0 Å². The summed E-state index contributed by atoms with van der Waals surface area (Å²) in [5.41, 5.74) is 2.78. The molecule has 0 saturated heterocycles. The monoisotopic (exact) mass is 461 g/mol. The average molecular weight is 462 g/mol. The van der Waals surface area contributed by atoms with E-state index < -0.39 is 5.25 Å². The van der Waals surface area contributed by atoms with Gasteiger partial charge in [-0.1, -0.05) is 78.5 Å². The van der Waals surface area contributed by atoms with E-state index in [2.05, 4.69) is 11.9 Å². The third kappa shape index (κ3) is 4.69. The van der Waals surface area contributed by atoms with Gasteiger partial charge in [0, 0.05) is 24.0 Å². The van der Waals surface area contributed by atoms with E-state index in [9.17, 15) is 9.59 Å². The van der Waals surface area contributed by atoms with Crippen LogP contribution in [0.15, 0.2) is 88.6 Å². The number of hydrogen-bond acceptors (Lipinski definition) is 5. The summed E-state index contributed by atoms with van der Waals surface area (Å²) >= 11 is 2.73. The van der Waals surface area contributed by atoms with Crippen molar-refractivity contribution in [1.29, 1.82) is 0 Å². The third-order valence-corrected chi connectivity index (χ3v) is 6.98. The topological polar surface area (TPSA) is 64.0 Å². The van der Waals surface area contributed by atoms with Gasteiger partial charge in [0.2, 0.25) is 5.91 Å². The largest absolute Gasteiger partial charge is 0.351 e. The summed E-state index contributed by atoms with van der Waals surface area (Å²) in [7, 11) is 0. The predicted octanol–water partition coefficient (Wildman–Crippen LogP) is 5.11. The van der Waals surface area contributed by atoms with E-state index in [0.29, 0.717) is 28.5 Å². The lowest BCUT2D eigenvalue weighted by atomic mass is 10.1. The zero-order chi connectivity index (χ0) is 22.5. The summed E-state index contributed by atoms with van der Waals surface area (Å²) in [5, 5.41) is 5.64. The normalized spacial score (nSPS) is 11.9. The number of nitrogens with zero attached hydrogens (tertiary/aromatic N) is 2. The van der Waals surface area contributed by atoms with Gasteiger partial charge in [0.1, 0.15) is 4.83 Å². The summed E-state index contributed by atoms with van der Waals surface area (Å²) in [4.78, 5) is 31.5. The molecule has 0 spiro atoms. The Bertz CT molecular complexity index is 1300. The number of fused-ring (bicyclic) bond motifs is 1. The first-order valence-electron chi connectivity index (χ1n) is 10.2. The van der Waals surface area contributed by atoms with E-state index in [1.807, 2.05) is 73.0 Å². The number of carbonyl (C=O) groups excluding carboxylic acids is 1. The average Bonchev–Trinajstić information content (AvgIpc) is 3.25. The fourth-order valence-electron chi connectivity index (χ4n) is 3.36. The van der Waals surface area contributed by atoms with Crippen molar-refractivity contribution in [3.05, 3.63) is 94.6 Å². The van der Waals surface area contributed by atoms with Gasteiger partial charge in [-0.05, 0) is 18.1 Å². The van der Waals surface area contributed by atoms with Crippen molar-refractivity contribution >= 4 is 39.2 Å². The lowest BCUT2D eigenvalue weighted by Gasteiger charge is -2.15. The number of aromatic nitrogens is 2. The number of carbonyl (C=O) groups is 1. The van der Waals surface area contributed by atoms with Gasteiger partial charge in [0.05, 0.1) is 10.6 Å². The molecule has 7 heteroatoms. The van der Waals surface area contributed by atoms with Crippen LogP contribution >= 0.6 is 23.1 Å². The molecule has 1 unspecified atom stereocenters. The Morgan fingerprint density at radius 2 is 1.88 bits per heavy atom. The Hall–Kier alpha value is -3.16. The summed E-state index contributed by atoms with van der Waals surface area (Å²) in [5.74, 6) is -0.102. The van der Waals surface area contributed by atoms with E-state index >= 15 is 0 Å². The lowest BCUT2D eigenvalue weighted by Crippen LogP contribution is -2.31. The van der Waals surface area contributed by atoms with Crippen LogP contribution in [0.2, 0.25) is 0 Å². The molecule has 1 atom stereocenters. The van der Waals surface area contributed by atoms with Gasteiger partial charge < -0.3 is 5.32 Å². The highest BCUT2D eigenvalue weighted by molar-refractivity contribution is 8.00. The molecule has 0 fully saturated rings. The Morgan fingerprint density at radius 3 is 2.56 bits per heavy atom. The summed E-state index contributed by atoms with van der Waals surface area (Å²) in [6.45, 7) is 6.40. The minimum atomic E-state index is -0.410. The molecule has 4 rings (SSSR count). The van der Waals surface area contributed by atoms with Crippen molar-refractivity contribution in [3.63, 3.8) is 0 Å². The first-order valence-corrected chi connectivity index (χ1v) is 12.0. The minimum absolute atomic E-state index is 0.102. The highest BCUT2D eigenvalue weighted by Crippen LogP contribution is 2.32.